The molecule has 0 aliphatic heterocycles. The zero-order valence-corrected chi connectivity index (χ0v) is 9.17. The van der Waals surface area contributed by atoms with Crippen LogP contribution in [0, 0.1) is 0 Å². The van der Waals surface area contributed by atoms with Gasteiger partial charge in [0.1, 0.15) is 5.75 Å². The van der Waals surface area contributed by atoms with Gasteiger partial charge in [-0.1, -0.05) is 15.9 Å². The summed E-state index contributed by atoms with van der Waals surface area (Å²) in [6.45, 7) is 0. The first-order valence-corrected chi connectivity index (χ1v) is 4.60. The van der Waals surface area contributed by atoms with Gasteiger partial charge in [0.2, 0.25) is 0 Å². The minimum absolute atomic E-state index is 0.830. The topological polar surface area (TPSA) is 18.5 Å². The molecular weight excluding hydrogens is 232 g/mol. The fourth-order valence-corrected chi connectivity index (χ4v) is 1.36. The van der Waals surface area contributed by atoms with Gasteiger partial charge in [0.05, 0.1) is 20.5 Å². The Morgan fingerprint density at radius 3 is 2.69 bits per heavy atom. The summed E-state index contributed by atoms with van der Waals surface area (Å²) >= 11 is 3.39. The molecule has 13 heavy (non-hydrogen) atoms. The number of rotatable bonds is 3. The second-order valence-corrected chi connectivity index (χ2v) is 3.34. The van der Waals surface area contributed by atoms with Crippen molar-refractivity contribution in [1.29, 1.82) is 0 Å². The smallest absolute Gasteiger partial charge is 0.126 e. The van der Waals surface area contributed by atoms with Crippen molar-refractivity contribution >= 4 is 22.0 Å². The summed E-state index contributed by atoms with van der Waals surface area (Å²) in [4.78, 5) is 0. The van der Waals surface area contributed by atoms with E-state index in [9.17, 15) is 0 Å². The summed E-state index contributed by atoms with van der Waals surface area (Å²) in [5, 5.41) is 0. The highest BCUT2D eigenvalue weighted by molar-refractivity contribution is 9.10. The molecule has 1 rings (SSSR count). The van der Waals surface area contributed by atoms with Crippen LogP contribution in [0.2, 0.25) is 0 Å². The van der Waals surface area contributed by atoms with Crippen LogP contribution in [-0.4, -0.2) is 14.2 Å². The minimum atomic E-state index is 0.830. The quantitative estimate of drug-likeness (QED) is 0.759. The molecule has 0 atom stereocenters. The average molecular weight is 243 g/mol. The van der Waals surface area contributed by atoms with Gasteiger partial charge in [-0.3, -0.25) is 0 Å². The Hall–Kier alpha value is -0.960. The van der Waals surface area contributed by atoms with Crippen LogP contribution in [0.1, 0.15) is 5.56 Å². The number of methoxy groups -OCH3 is 2. The van der Waals surface area contributed by atoms with E-state index >= 15 is 0 Å². The Morgan fingerprint density at radius 1 is 1.31 bits per heavy atom. The standard InChI is InChI=1S/C10H11BrO2/c1-12-6-5-8-7-9(11)3-4-10(8)13-2/h3-7H,1-2H3. The molecule has 0 radical (unpaired) electrons. The third-order valence-electron chi connectivity index (χ3n) is 1.58. The highest BCUT2D eigenvalue weighted by Crippen LogP contribution is 2.23. The van der Waals surface area contributed by atoms with Crippen LogP contribution in [0.25, 0.3) is 6.08 Å². The van der Waals surface area contributed by atoms with Crippen molar-refractivity contribution in [3.63, 3.8) is 0 Å². The number of halogens is 1. The summed E-state index contributed by atoms with van der Waals surface area (Å²) in [6.07, 6.45) is 3.47. The molecule has 0 saturated carbocycles. The van der Waals surface area contributed by atoms with E-state index in [-0.39, 0.29) is 0 Å². The molecule has 0 aliphatic rings. The fraction of sp³-hybridized carbons (Fsp3) is 0.200. The first-order chi connectivity index (χ1) is 6.27. The van der Waals surface area contributed by atoms with Crippen LogP contribution in [0.4, 0.5) is 0 Å². The highest BCUT2D eigenvalue weighted by Gasteiger charge is 1.99. The molecule has 0 spiro atoms. The van der Waals surface area contributed by atoms with Crippen molar-refractivity contribution in [3.05, 3.63) is 34.5 Å². The average Bonchev–Trinajstić information content (AvgIpc) is 2.15. The van der Waals surface area contributed by atoms with Crippen LogP contribution >= 0.6 is 15.9 Å². The Bertz CT molecular complexity index is 308. The maximum absolute atomic E-state index is 5.17. The summed E-state index contributed by atoms with van der Waals surface area (Å²) in [5.41, 5.74) is 0.985. The van der Waals surface area contributed by atoms with E-state index in [1.54, 1.807) is 20.5 Å². The normalized spacial score (nSPS) is 10.4. The predicted molar refractivity (Wildman–Crippen MR) is 56.7 cm³/mol. The highest BCUT2D eigenvalue weighted by atomic mass is 79.9. The third-order valence-corrected chi connectivity index (χ3v) is 2.07. The lowest BCUT2D eigenvalue weighted by Crippen LogP contribution is -1.86. The van der Waals surface area contributed by atoms with E-state index in [1.807, 2.05) is 24.3 Å². The molecule has 0 aromatic heterocycles. The maximum atomic E-state index is 5.17. The van der Waals surface area contributed by atoms with E-state index in [2.05, 4.69) is 15.9 Å². The monoisotopic (exact) mass is 242 g/mol. The lowest BCUT2D eigenvalue weighted by Gasteiger charge is -2.04. The summed E-state index contributed by atoms with van der Waals surface area (Å²) < 4.78 is 11.0. The molecule has 3 heteroatoms. The number of hydrogen-bond donors (Lipinski definition) is 0. The van der Waals surface area contributed by atoms with E-state index in [4.69, 9.17) is 9.47 Å². The third kappa shape index (κ3) is 2.77. The van der Waals surface area contributed by atoms with Crippen LogP contribution in [0.5, 0.6) is 5.75 Å². The molecule has 0 aliphatic carbocycles. The predicted octanol–water partition coefficient (Wildman–Crippen LogP) is 3.07. The lowest BCUT2D eigenvalue weighted by molar-refractivity contribution is 0.341. The van der Waals surface area contributed by atoms with Crippen LogP contribution in [0.3, 0.4) is 0 Å². The fourth-order valence-electron chi connectivity index (χ4n) is 0.977. The molecule has 0 N–H and O–H groups in total. The van der Waals surface area contributed by atoms with Gasteiger partial charge in [0.15, 0.2) is 0 Å². The van der Waals surface area contributed by atoms with Gasteiger partial charge < -0.3 is 9.47 Å². The van der Waals surface area contributed by atoms with Gasteiger partial charge in [-0.15, -0.1) is 0 Å². The zero-order chi connectivity index (χ0) is 9.68. The van der Waals surface area contributed by atoms with Crippen molar-refractivity contribution in [2.24, 2.45) is 0 Å². The molecule has 1 aromatic carbocycles. The molecular formula is C10H11BrO2. The Balaban J connectivity index is 3.01. The van der Waals surface area contributed by atoms with Crippen molar-refractivity contribution in [2.75, 3.05) is 14.2 Å². The largest absolute Gasteiger partial charge is 0.504 e. The van der Waals surface area contributed by atoms with Crippen molar-refractivity contribution < 1.29 is 9.47 Å². The van der Waals surface area contributed by atoms with Gasteiger partial charge in [-0.25, -0.2) is 0 Å². The molecule has 2 nitrogen and oxygen atoms in total. The van der Waals surface area contributed by atoms with Gasteiger partial charge in [-0.2, -0.15) is 0 Å². The van der Waals surface area contributed by atoms with Crippen molar-refractivity contribution in [3.8, 4) is 5.75 Å². The maximum Gasteiger partial charge on any atom is 0.126 e. The molecule has 0 amide bonds. The van der Waals surface area contributed by atoms with E-state index in [0.717, 1.165) is 15.8 Å². The molecule has 70 valence electrons. The molecule has 0 saturated heterocycles. The van der Waals surface area contributed by atoms with E-state index in [1.165, 1.54) is 0 Å². The second kappa shape index (κ2) is 4.92. The lowest BCUT2D eigenvalue weighted by atomic mass is 10.2. The van der Waals surface area contributed by atoms with Gasteiger partial charge >= 0.3 is 0 Å². The van der Waals surface area contributed by atoms with Crippen LogP contribution in [0.15, 0.2) is 28.9 Å². The Labute approximate surface area is 86.3 Å². The van der Waals surface area contributed by atoms with Crippen molar-refractivity contribution in [2.45, 2.75) is 0 Å². The molecule has 0 unspecified atom stereocenters. The first-order valence-electron chi connectivity index (χ1n) is 3.81. The number of hydrogen-bond acceptors (Lipinski definition) is 2. The molecule has 0 fully saturated rings. The Morgan fingerprint density at radius 2 is 2.08 bits per heavy atom. The van der Waals surface area contributed by atoms with E-state index in [0.29, 0.717) is 0 Å². The van der Waals surface area contributed by atoms with Gasteiger partial charge in [0, 0.05) is 10.0 Å². The van der Waals surface area contributed by atoms with E-state index < -0.39 is 0 Å². The van der Waals surface area contributed by atoms with Crippen LogP contribution < -0.4 is 4.74 Å². The molecule has 1 aromatic rings. The van der Waals surface area contributed by atoms with Crippen molar-refractivity contribution in [1.82, 2.24) is 0 Å². The minimum Gasteiger partial charge on any atom is -0.504 e. The molecule has 0 heterocycles. The molecule has 0 bridgehead atoms. The summed E-state index contributed by atoms with van der Waals surface area (Å²) in [6, 6.07) is 5.80. The van der Waals surface area contributed by atoms with Gasteiger partial charge in [0.25, 0.3) is 0 Å². The summed E-state index contributed by atoms with van der Waals surface area (Å²) in [7, 11) is 3.26. The van der Waals surface area contributed by atoms with Gasteiger partial charge in [-0.05, 0) is 24.3 Å². The summed E-state index contributed by atoms with van der Waals surface area (Å²) in [5.74, 6) is 0.830. The first kappa shape index (κ1) is 10.1. The second-order valence-electron chi connectivity index (χ2n) is 2.42. The Kier molecular flexibility index (Phi) is 3.83. The zero-order valence-electron chi connectivity index (χ0n) is 7.58. The number of benzene rings is 1. The number of ether oxygens (including phenoxy) is 2. The van der Waals surface area contributed by atoms with Crippen LogP contribution in [-0.2, 0) is 4.74 Å². The SMILES string of the molecule is COC=Cc1cc(Br)ccc1OC.